The number of esters is 1. The molecule has 2 N–H and O–H groups in total. The Balaban J connectivity index is 1.12. The standard InChI is InChI=1S/C31H30F2N4O6/c1-3-40-29(39)24(30-41-18(2)42-30)6-4-5-19-7-9-20(10-8-19)21-11-13-22(14-12-21)34-27(38)28-36-37-31(43-28)35-23-15-16-25(32)26(33)17-23/h7-18,24,30H,3-6H2,1-2H3,(H,34,38)(H,35,37). The normalized spacial score (nSPS) is 16.7. The molecular formula is C31H30F2N4O6. The third kappa shape index (κ3) is 7.59. The first kappa shape index (κ1) is 29.8. The average Bonchev–Trinajstić information content (AvgIpc) is 3.45. The number of amides is 1. The molecule has 1 fully saturated rings. The number of halogens is 2. The Morgan fingerprint density at radius 2 is 1.60 bits per heavy atom. The molecule has 1 saturated heterocycles. The van der Waals surface area contributed by atoms with Gasteiger partial charge < -0.3 is 29.3 Å². The van der Waals surface area contributed by atoms with Crippen LogP contribution in [0.2, 0.25) is 0 Å². The van der Waals surface area contributed by atoms with Gasteiger partial charge in [-0.1, -0.05) is 41.5 Å². The van der Waals surface area contributed by atoms with Gasteiger partial charge in [0.1, 0.15) is 5.92 Å². The van der Waals surface area contributed by atoms with Crippen molar-refractivity contribution >= 4 is 29.3 Å². The molecule has 224 valence electrons. The lowest BCUT2D eigenvalue weighted by atomic mass is 9.97. The number of hydrogen-bond donors (Lipinski definition) is 2. The van der Waals surface area contributed by atoms with Gasteiger partial charge in [-0.25, -0.2) is 8.78 Å². The Kier molecular flexibility index (Phi) is 9.38. The topological polar surface area (TPSA) is 125 Å². The monoisotopic (exact) mass is 592 g/mol. The highest BCUT2D eigenvalue weighted by molar-refractivity contribution is 6.01. The van der Waals surface area contributed by atoms with E-state index in [0.717, 1.165) is 41.7 Å². The van der Waals surface area contributed by atoms with E-state index in [1.807, 2.05) is 36.4 Å². The summed E-state index contributed by atoms with van der Waals surface area (Å²) in [5.74, 6) is -3.70. The van der Waals surface area contributed by atoms with Crippen LogP contribution in [0.25, 0.3) is 11.1 Å². The van der Waals surface area contributed by atoms with E-state index in [4.69, 9.17) is 18.6 Å². The van der Waals surface area contributed by atoms with Gasteiger partial charge in [0.25, 0.3) is 0 Å². The number of benzene rings is 3. The van der Waals surface area contributed by atoms with E-state index in [1.54, 1.807) is 26.0 Å². The summed E-state index contributed by atoms with van der Waals surface area (Å²) in [6, 6.07) is 18.4. The van der Waals surface area contributed by atoms with Crippen LogP contribution in [0.4, 0.5) is 26.2 Å². The van der Waals surface area contributed by atoms with Gasteiger partial charge in [-0.15, -0.1) is 5.10 Å². The summed E-state index contributed by atoms with van der Waals surface area (Å²) in [7, 11) is 0. The number of rotatable bonds is 12. The second kappa shape index (κ2) is 13.5. The zero-order valence-electron chi connectivity index (χ0n) is 23.5. The molecule has 0 saturated carbocycles. The first-order valence-electron chi connectivity index (χ1n) is 13.8. The molecule has 5 rings (SSSR count). The van der Waals surface area contributed by atoms with E-state index in [0.29, 0.717) is 18.7 Å². The quantitative estimate of drug-likeness (QED) is 0.184. The Bertz CT molecular complexity index is 1560. The van der Waals surface area contributed by atoms with E-state index >= 15 is 0 Å². The fraction of sp³-hybridized carbons (Fsp3) is 0.290. The van der Waals surface area contributed by atoms with Crippen molar-refractivity contribution in [1.29, 1.82) is 0 Å². The molecule has 12 heteroatoms. The minimum atomic E-state index is -1.04. The van der Waals surface area contributed by atoms with Crippen LogP contribution in [0.3, 0.4) is 0 Å². The zero-order valence-corrected chi connectivity index (χ0v) is 23.5. The molecule has 3 aromatic carbocycles. The number of carbonyl (C=O) groups excluding carboxylic acids is 2. The van der Waals surface area contributed by atoms with Gasteiger partial charge >= 0.3 is 23.8 Å². The van der Waals surface area contributed by atoms with E-state index in [1.165, 1.54) is 6.07 Å². The molecule has 1 aliphatic rings. The molecule has 2 heterocycles. The fourth-order valence-corrected chi connectivity index (χ4v) is 4.58. The van der Waals surface area contributed by atoms with Crippen molar-refractivity contribution in [2.45, 2.75) is 45.7 Å². The Labute approximate surface area is 246 Å². The first-order valence-corrected chi connectivity index (χ1v) is 13.8. The number of nitrogens with one attached hydrogen (secondary N) is 2. The van der Waals surface area contributed by atoms with Crippen molar-refractivity contribution in [3.63, 3.8) is 0 Å². The van der Waals surface area contributed by atoms with Crippen LogP contribution in [0, 0.1) is 17.6 Å². The van der Waals surface area contributed by atoms with Gasteiger partial charge in [0.2, 0.25) is 0 Å². The predicted molar refractivity (Wildman–Crippen MR) is 152 cm³/mol. The van der Waals surface area contributed by atoms with Crippen LogP contribution < -0.4 is 10.6 Å². The summed E-state index contributed by atoms with van der Waals surface area (Å²) >= 11 is 0. The molecule has 43 heavy (non-hydrogen) atoms. The van der Waals surface area contributed by atoms with Crippen molar-refractivity contribution in [3.05, 3.63) is 89.8 Å². The van der Waals surface area contributed by atoms with Crippen molar-refractivity contribution in [1.82, 2.24) is 10.2 Å². The highest BCUT2D eigenvalue weighted by Gasteiger charge is 2.39. The fourth-order valence-electron chi connectivity index (χ4n) is 4.58. The van der Waals surface area contributed by atoms with Crippen molar-refractivity contribution < 1.29 is 37.0 Å². The molecule has 0 radical (unpaired) electrons. The molecule has 0 aliphatic carbocycles. The lowest BCUT2D eigenvalue weighted by Crippen LogP contribution is -2.47. The third-order valence-electron chi connectivity index (χ3n) is 6.77. The first-order chi connectivity index (χ1) is 20.8. The summed E-state index contributed by atoms with van der Waals surface area (Å²) in [5.41, 5.74) is 3.79. The van der Waals surface area contributed by atoms with Gasteiger partial charge in [-0.2, -0.15) is 0 Å². The van der Waals surface area contributed by atoms with Gasteiger partial charge in [0, 0.05) is 17.4 Å². The van der Waals surface area contributed by atoms with Crippen molar-refractivity contribution in [3.8, 4) is 11.1 Å². The number of aryl methyl sites for hydroxylation is 1. The highest BCUT2D eigenvalue weighted by Crippen LogP contribution is 2.29. The van der Waals surface area contributed by atoms with Gasteiger partial charge in [-0.05, 0) is 74.1 Å². The molecule has 0 bridgehead atoms. The average molecular weight is 593 g/mol. The van der Waals surface area contributed by atoms with Gasteiger partial charge in [0.05, 0.1) is 6.61 Å². The van der Waals surface area contributed by atoms with E-state index in [2.05, 4.69) is 20.8 Å². The van der Waals surface area contributed by atoms with Crippen LogP contribution >= 0.6 is 0 Å². The van der Waals surface area contributed by atoms with Gasteiger partial charge in [-0.3, -0.25) is 9.59 Å². The second-order valence-corrected chi connectivity index (χ2v) is 9.85. The van der Waals surface area contributed by atoms with Crippen LogP contribution in [0.5, 0.6) is 0 Å². The van der Waals surface area contributed by atoms with E-state index in [9.17, 15) is 18.4 Å². The van der Waals surface area contributed by atoms with Crippen LogP contribution in [-0.2, 0) is 25.4 Å². The number of aromatic nitrogens is 2. The second-order valence-electron chi connectivity index (χ2n) is 9.85. The SMILES string of the molecule is CCOC(=O)C(CCCc1ccc(-c2ccc(NC(=O)c3nnc(Nc4ccc(F)c(F)c4)o3)cc2)cc1)C1OC(C)O1. The summed E-state index contributed by atoms with van der Waals surface area (Å²) in [5, 5.41) is 12.7. The van der Waals surface area contributed by atoms with Crippen molar-refractivity contribution in [2.75, 3.05) is 17.2 Å². The molecule has 1 atom stereocenters. The van der Waals surface area contributed by atoms with Crippen LogP contribution in [0.15, 0.2) is 71.1 Å². The van der Waals surface area contributed by atoms with E-state index in [-0.39, 0.29) is 29.9 Å². The minimum absolute atomic E-state index is 0.148. The van der Waals surface area contributed by atoms with Crippen LogP contribution in [-0.4, -0.2) is 41.3 Å². The molecule has 1 aromatic heterocycles. The number of carbonyl (C=O) groups is 2. The Morgan fingerprint density at radius 1 is 0.930 bits per heavy atom. The lowest BCUT2D eigenvalue weighted by molar-refractivity contribution is -0.389. The maximum absolute atomic E-state index is 13.4. The maximum Gasteiger partial charge on any atom is 0.320 e. The molecular weight excluding hydrogens is 562 g/mol. The Morgan fingerprint density at radius 3 is 2.26 bits per heavy atom. The van der Waals surface area contributed by atoms with E-state index < -0.39 is 29.7 Å². The minimum Gasteiger partial charge on any atom is -0.466 e. The predicted octanol–water partition coefficient (Wildman–Crippen LogP) is 6.23. The smallest absolute Gasteiger partial charge is 0.320 e. The highest BCUT2D eigenvalue weighted by atomic mass is 19.2. The van der Waals surface area contributed by atoms with Crippen molar-refractivity contribution in [2.24, 2.45) is 5.92 Å². The zero-order chi connectivity index (χ0) is 30.3. The summed E-state index contributed by atoms with van der Waals surface area (Å²) < 4.78 is 48.1. The largest absolute Gasteiger partial charge is 0.466 e. The number of hydrogen-bond acceptors (Lipinski definition) is 9. The van der Waals surface area contributed by atoms with Gasteiger partial charge in [0.15, 0.2) is 24.2 Å². The third-order valence-corrected chi connectivity index (χ3v) is 6.77. The molecule has 10 nitrogen and oxygen atoms in total. The molecule has 1 aliphatic heterocycles. The summed E-state index contributed by atoms with van der Waals surface area (Å²) in [6.45, 7) is 3.88. The van der Waals surface area contributed by atoms with Crippen LogP contribution in [0.1, 0.15) is 42.9 Å². The number of nitrogens with zero attached hydrogens (tertiary/aromatic N) is 2. The molecule has 4 aromatic rings. The number of ether oxygens (including phenoxy) is 3. The molecule has 0 spiro atoms. The Hall–Kier alpha value is -4.68. The summed E-state index contributed by atoms with van der Waals surface area (Å²) in [6.07, 6.45) is 1.31. The summed E-state index contributed by atoms with van der Waals surface area (Å²) in [4.78, 5) is 24.9. The molecule has 1 amide bonds. The maximum atomic E-state index is 13.4. The number of anilines is 3. The lowest BCUT2D eigenvalue weighted by Gasteiger charge is -2.37. The molecule has 1 unspecified atom stereocenters.